The number of benzene rings is 2. The molecule has 1 atom stereocenters. The standard InChI is InChI=1S/C22H23N5O3S/c1-13-18(20(23)28)19(15-9-10-16(29-2)17(11-15)30-3)27-21(24-13)25-22(26-27)31-12-14-7-5-4-6-8-14/h4-11,19H,12H2,1-3H3,(H2,23,28)(H,24,25,26). The van der Waals surface area contributed by atoms with Gasteiger partial charge in [-0.1, -0.05) is 48.2 Å². The molecule has 9 heteroatoms. The van der Waals surface area contributed by atoms with Crippen molar-refractivity contribution in [3.63, 3.8) is 0 Å². The van der Waals surface area contributed by atoms with Gasteiger partial charge in [0, 0.05) is 11.4 Å². The summed E-state index contributed by atoms with van der Waals surface area (Å²) in [7, 11) is 3.14. The Bertz CT molecular complexity index is 1140. The summed E-state index contributed by atoms with van der Waals surface area (Å²) in [4.78, 5) is 17.0. The summed E-state index contributed by atoms with van der Waals surface area (Å²) in [5.74, 6) is 1.92. The van der Waals surface area contributed by atoms with Crippen LogP contribution in [0.2, 0.25) is 0 Å². The van der Waals surface area contributed by atoms with Gasteiger partial charge in [0.15, 0.2) is 11.5 Å². The maximum atomic E-state index is 12.4. The van der Waals surface area contributed by atoms with E-state index >= 15 is 0 Å². The predicted octanol–water partition coefficient (Wildman–Crippen LogP) is 3.36. The fourth-order valence-corrected chi connectivity index (χ4v) is 4.35. The Morgan fingerprint density at radius 2 is 1.90 bits per heavy atom. The van der Waals surface area contributed by atoms with Crippen LogP contribution in [0, 0.1) is 0 Å². The highest BCUT2D eigenvalue weighted by Crippen LogP contribution is 2.39. The molecule has 4 rings (SSSR count). The van der Waals surface area contributed by atoms with Crippen molar-refractivity contribution in [2.75, 3.05) is 19.5 Å². The van der Waals surface area contributed by atoms with Crippen molar-refractivity contribution in [2.24, 2.45) is 5.73 Å². The number of carbonyl (C=O) groups is 1. The van der Waals surface area contributed by atoms with E-state index in [0.717, 1.165) is 11.3 Å². The second-order valence-corrected chi connectivity index (χ2v) is 7.92. The minimum Gasteiger partial charge on any atom is -0.493 e. The minimum absolute atomic E-state index is 0.421. The monoisotopic (exact) mass is 437 g/mol. The summed E-state index contributed by atoms with van der Waals surface area (Å²) < 4.78 is 12.5. The zero-order valence-electron chi connectivity index (χ0n) is 17.5. The van der Waals surface area contributed by atoms with Gasteiger partial charge in [0.1, 0.15) is 6.04 Å². The molecule has 31 heavy (non-hydrogen) atoms. The lowest BCUT2D eigenvalue weighted by Gasteiger charge is -2.28. The molecule has 3 aromatic rings. The number of aromatic nitrogens is 3. The lowest BCUT2D eigenvalue weighted by molar-refractivity contribution is -0.115. The maximum Gasteiger partial charge on any atom is 0.248 e. The number of thioether (sulfide) groups is 1. The molecule has 0 bridgehead atoms. The molecule has 0 fully saturated rings. The van der Waals surface area contributed by atoms with Crippen LogP contribution in [0.1, 0.15) is 24.1 Å². The first-order valence-corrected chi connectivity index (χ1v) is 10.6. The summed E-state index contributed by atoms with van der Waals surface area (Å²) in [5.41, 5.74) is 8.78. The summed E-state index contributed by atoms with van der Waals surface area (Å²) in [6, 6.07) is 15.1. The van der Waals surface area contributed by atoms with Crippen molar-refractivity contribution in [3.05, 3.63) is 70.9 Å². The first-order valence-electron chi connectivity index (χ1n) is 9.64. The summed E-state index contributed by atoms with van der Waals surface area (Å²) >= 11 is 1.53. The smallest absolute Gasteiger partial charge is 0.248 e. The molecule has 3 N–H and O–H groups in total. The van der Waals surface area contributed by atoms with Crippen molar-refractivity contribution in [1.82, 2.24) is 14.8 Å². The molecule has 1 aliphatic heterocycles. The number of nitrogens with two attached hydrogens (primary N) is 1. The van der Waals surface area contributed by atoms with Crippen LogP contribution < -0.4 is 20.5 Å². The highest BCUT2D eigenvalue weighted by atomic mass is 32.2. The largest absolute Gasteiger partial charge is 0.493 e. The van der Waals surface area contributed by atoms with Crippen LogP contribution in [0.5, 0.6) is 11.5 Å². The van der Waals surface area contributed by atoms with Gasteiger partial charge in [-0.15, -0.1) is 5.10 Å². The Labute approximate surface area is 184 Å². The van der Waals surface area contributed by atoms with Crippen molar-refractivity contribution in [1.29, 1.82) is 0 Å². The number of anilines is 1. The van der Waals surface area contributed by atoms with Crippen LogP contribution in [-0.4, -0.2) is 34.9 Å². The highest BCUT2D eigenvalue weighted by Gasteiger charge is 2.33. The molecule has 0 spiro atoms. The number of methoxy groups -OCH3 is 2. The summed E-state index contributed by atoms with van der Waals surface area (Å²) in [5, 5.41) is 8.45. The molecule has 160 valence electrons. The average molecular weight is 438 g/mol. The topological polar surface area (TPSA) is 104 Å². The van der Waals surface area contributed by atoms with Crippen LogP contribution in [0.4, 0.5) is 5.95 Å². The van der Waals surface area contributed by atoms with E-state index in [2.05, 4.69) is 27.5 Å². The van der Waals surface area contributed by atoms with Crippen LogP contribution >= 0.6 is 11.8 Å². The number of nitrogens with zero attached hydrogens (tertiary/aromatic N) is 3. The Balaban J connectivity index is 1.73. The van der Waals surface area contributed by atoms with E-state index in [1.165, 1.54) is 17.3 Å². The van der Waals surface area contributed by atoms with Crippen molar-refractivity contribution >= 4 is 23.6 Å². The fraction of sp³-hybridized carbons (Fsp3) is 0.227. The molecule has 1 unspecified atom stereocenters. The molecular weight excluding hydrogens is 414 g/mol. The van der Waals surface area contributed by atoms with Gasteiger partial charge in [-0.25, -0.2) is 4.68 Å². The number of fused-ring (bicyclic) bond motifs is 1. The Morgan fingerprint density at radius 3 is 2.58 bits per heavy atom. The van der Waals surface area contributed by atoms with E-state index in [1.807, 2.05) is 37.3 Å². The van der Waals surface area contributed by atoms with E-state index in [0.29, 0.717) is 33.9 Å². The third-order valence-corrected chi connectivity index (χ3v) is 5.94. The molecule has 1 aliphatic rings. The summed E-state index contributed by atoms with van der Waals surface area (Å²) in [6.07, 6.45) is 0. The number of ether oxygens (including phenoxy) is 2. The molecule has 0 saturated carbocycles. The van der Waals surface area contributed by atoms with Crippen LogP contribution in [0.15, 0.2) is 65.0 Å². The third kappa shape index (κ3) is 4.09. The van der Waals surface area contributed by atoms with Gasteiger partial charge in [0.2, 0.25) is 17.0 Å². The highest BCUT2D eigenvalue weighted by molar-refractivity contribution is 7.98. The van der Waals surface area contributed by atoms with Crippen LogP contribution in [0.3, 0.4) is 0 Å². The molecule has 2 aromatic carbocycles. The molecule has 0 aliphatic carbocycles. The molecule has 0 saturated heterocycles. The van der Waals surface area contributed by atoms with Gasteiger partial charge < -0.3 is 20.5 Å². The van der Waals surface area contributed by atoms with Crippen molar-refractivity contribution in [2.45, 2.75) is 23.9 Å². The number of hydrogen-bond donors (Lipinski definition) is 2. The lowest BCUT2D eigenvalue weighted by atomic mass is 9.95. The van der Waals surface area contributed by atoms with Crippen molar-refractivity contribution in [3.8, 4) is 11.5 Å². The quantitative estimate of drug-likeness (QED) is 0.546. The molecule has 8 nitrogen and oxygen atoms in total. The SMILES string of the molecule is COc1ccc(C2C(C(N)=O)=C(C)Nc3nc(SCc4ccccc4)nn32)cc1OC. The number of allylic oxidation sites excluding steroid dienone is 1. The first-order chi connectivity index (χ1) is 15.0. The van der Waals surface area contributed by atoms with Gasteiger partial charge in [-0.2, -0.15) is 4.98 Å². The van der Waals surface area contributed by atoms with E-state index in [-0.39, 0.29) is 0 Å². The number of carbonyl (C=O) groups excluding carboxylic acids is 1. The number of amides is 1. The second kappa shape index (κ2) is 8.73. The van der Waals surface area contributed by atoms with Gasteiger partial charge in [0.25, 0.3) is 0 Å². The Hall–Kier alpha value is -3.46. The minimum atomic E-state index is -0.535. The second-order valence-electron chi connectivity index (χ2n) is 6.98. The zero-order valence-corrected chi connectivity index (χ0v) is 18.3. The van der Waals surface area contributed by atoms with E-state index in [9.17, 15) is 4.79 Å². The third-order valence-electron chi connectivity index (χ3n) is 5.03. The zero-order chi connectivity index (χ0) is 22.0. The van der Waals surface area contributed by atoms with Crippen LogP contribution in [0.25, 0.3) is 0 Å². The number of hydrogen-bond acceptors (Lipinski definition) is 7. The van der Waals surface area contributed by atoms with Crippen molar-refractivity contribution < 1.29 is 14.3 Å². The van der Waals surface area contributed by atoms with Gasteiger partial charge in [-0.3, -0.25) is 4.79 Å². The maximum absolute atomic E-state index is 12.4. The first kappa shape index (κ1) is 20.8. The molecule has 0 radical (unpaired) electrons. The van der Waals surface area contributed by atoms with Gasteiger partial charge in [0.05, 0.1) is 19.8 Å². The molecule has 2 heterocycles. The number of primary amides is 1. The van der Waals surface area contributed by atoms with Crippen LogP contribution in [-0.2, 0) is 10.5 Å². The number of rotatable bonds is 7. The molecular formula is C22H23N5O3S. The lowest BCUT2D eigenvalue weighted by Crippen LogP contribution is -2.31. The Kier molecular flexibility index (Phi) is 5.85. The Morgan fingerprint density at radius 1 is 1.16 bits per heavy atom. The molecule has 1 amide bonds. The predicted molar refractivity (Wildman–Crippen MR) is 119 cm³/mol. The average Bonchev–Trinajstić information content (AvgIpc) is 3.19. The van der Waals surface area contributed by atoms with Gasteiger partial charge >= 0.3 is 0 Å². The molecule has 1 aromatic heterocycles. The normalized spacial score (nSPS) is 15.3. The fourth-order valence-electron chi connectivity index (χ4n) is 3.56. The van der Waals surface area contributed by atoms with E-state index < -0.39 is 11.9 Å². The number of nitrogens with one attached hydrogen (secondary N) is 1. The van der Waals surface area contributed by atoms with E-state index in [1.54, 1.807) is 25.0 Å². The van der Waals surface area contributed by atoms with E-state index in [4.69, 9.17) is 15.2 Å². The summed E-state index contributed by atoms with van der Waals surface area (Å²) in [6.45, 7) is 1.81. The van der Waals surface area contributed by atoms with Gasteiger partial charge in [-0.05, 0) is 30.2 Å².